The predicted molar refractivity (Wildman–Crippen MR) is 85.1 cm³/mol. The van der Waals surface area contributed by atoms with Crippen molar-refractivity contribution in [3.8, 4) is 5.69 Å². The van der Waals surface area contributed by atoms with E-state index in [-0.39, 0.29) is 5.91 Å². The maximum atomic E-state index is 11.8. The SMILES string of the molecule is Cc1cccc(C)c1-n1nnnc1SCC(=O)NCC1CC1. The van der Waals surface area contributed by atoms with Gasteiger partial charge in [-0.2, -0.15) is 4.68 Å². The van der Waals surface area contributed by atoms with Gasteiger partial charge in [0.15, 0.2) is 0 Å². The molecule has 0 atom stereocenters. The number of hydrogen-bond donors (Lipinski definition) is 1. The number of nitrogens with one attached hydrogen (secondary N) is 1. The Balaban J connectivity index is 1.68. The predicted octanol–water partition coefficient (Wildman–Crippen LogP) is 1.90. The highest BCUT2D eigenvalue weighted by Gasteiger charge is 2.22. The third-order valence-corrected chi connectivity index (χ3v) is 4.63. The number of tetrazole rings is 1. The minimum atomic E-state index is 0.0351. The molecular formula is C15H19N5OS. The number of carbonyl (C=O) groups is 1. The Hall–Kier alpha value is -1.89. The Kier molecular flexibility index (Phi) is 4.42. The molecule has 1 N–H and O–H groups in total. The molecule has 0 unspecified atom stereocenters. The van der Waals surface area contributed by atoms with Crippen molar-refractivity contribution in [1.82, 2.24) is 25.5 Å². The largest absolute Gasteiger partial charge is 0.355 e. The molecule has 22 heavy (non-hydrogen) atoms. The number of rotatable bonds is 6. The van der Waals surface area contributed by atoms with E-state index < -0.39 is 0 Å². The van der Waals surface area contributed by atoms with E-state index >= 15 is 0 Å². The number of benzene rings is 1. The van der Waals surface area contributed by atoms with Crippen molar-refractivity contribution in [1.29, 1.82) is 0 Å². The molecule has 7 heteroatoms. The van der Waals surface area contributed by atoms with Gasteiger partial charge in [0.1, 0.15) is 0 Å². The van der Waals surface area contributed by atoms with Gasteiger partial charge in [-0.05, 0) is 54.2 Å². The summed E-state index contributed by atoms with van der Waals surface area (Å²) >= 11 is 1.36. The van der Waals surface area contributed by atoms with Crippen molar-refractivity contribution in [3.63, 3.8) is 0 Å². The average molecular weight is 317 g/mol. The van der Waals surface area contributed by atoms with E-state index in [1.807, 2.05) is 32.0 Å². The molecule has 1 aliphatic carbocycles. The lowest BCUT2D eigenvalue weighted by Crippen LogP contribution is -2.27. The van der Waals surface area contributed by atoms with E-state index in [4.69, 9.17) is 0 Å². The van der Waals surface area contributed by atoms with Crippen LogP contribution in [0.4, 0.5) is 0 Å². The molecular weight excluding hydrogens is 298 g/mol. The normalized spacial score (nSPS) is 14.1. The number of para-hydroxylation sites is 1. The lowest BCUT2D eigenvalue weighted by molar-refractivity contribution is -0.118. The van der Waals surface area contributed by atoms with Crippen LogP contribution in [0.3, 0.4) is 0 Å². The van der Waals surface area contributed by atoms with E-state index in [9.17, 15) is 4.79 Å². The minimum absolute atomic E-state index is 0.0351. The molecule has 0 aliphatic heterocycles. The fraction of sp³-hybridized carbons (Fsp3) is 0.467. The van der Waals surface area contributed by atoms with E-state index in [1.165, 1.54) is 24.6 Å². The zero-order valence-electron chi connectivity index (χ0n) is 12.7. The molecule has 116 valence electrons. The van der Waals surface area contributed by atoms with Crippen LogP contribution in [0.15, 0.2) is 23.4 Å². The zero-order chi connectivity index (χ0) is 15.5. The van der Waals surface area contributed by atoms with Crippen LogP contribution in [0.25, 0.3) is 5.69 Å². The Labute approximate surface area is 133 Å². The molecule has 2 aromatic rings. The first-order valence-electron chi connectivity index (χ1n) is 7.39. The molecule has 0 spiro atoms. The fourth-order valence-corrected chi connectivity index (χ4v) is 3.02. The summed E-state index contributed by atoms with van der Waals surface area (Å²) in [5.41, 5.74) is 3.19. The first-order chi connectivity index (χ1) is 10.6. The molecule has 1 aliphatic rings. The van der Waals surface area contributed by atoms with Gasteiger partial charge in [0.05, 0.1) is 11.4 Å². The summed E-state index contributed by atoms with van der Waals surface area (Å²) in [5.74, 6) is 1.06. The van der Waals surface area contributed by atoms with Crippen LogP contribution in [0.2, 0.25) is 0 Å². The second kappa shape index (κ2) is 6.48. The van der Waals surface area contributed by atoms with Crippen LogP contribution in [0.5, 0.6) is 0 Å². The summed E-state index contributed by atoms with van der Waals surface area (Å²) in [6, 6.07) is 6.07. The first kappa shape index (κ1) is 15.0. The van der Waals surface area contributed by atoms with Crippen molar-refractivity contribution >= 4 is 17.7 Å². The summed E-state index contributed by atoms with van der Waals surface area (Å²) in [5, 5.41) is 15.5. The number of aromatic nitrogens is 4. The van der Waals surface area contributed by atoms with Crippen molar-refractivity contribution in [2.45, 2.75) is 31.8 Å². The first-order valence-corrected chi connectivity index (χ1v) is 8.38. The highest BCUT2D eigenvalue weighted by molar-refractivity contribution is 7.99. The number of aryl methyl sites for hydroxylation is 2. The number of thioether (sulfide) groups is 1. The molecule has 1 amide bonds. The van der Waals surface area contributed by atoms with Crippen molar-refractivity contribution in [3.05, 3.63) is 29.3 Å². The van der Waals surface area contributed by atoms with Crippen LogP contribution in [-0.2, 0) is 4.79 Å². The van der Waals surface area contributed by atoms with Gasteiger partial charge >= 0.3 is 0 Å². The standard InChI is InChI=1S/C15H19N5OS/c1-10-4-3-5-11(2)14(10)20-15(17-18-19-20)22-9-13(21)16-8-12-6-7-12/h3-5,12H,6-9H2,1-2H3,(H,16,21). The number of carbonyl (C=O) groups excluding carboxylic acids is 1. The van der Waals surface area contributed by atoms with E-state index in [1.54, 1.807) is 4.68 Å². The van der Waals surface area contributed by atoms with Gasteiger partial charge in [0.25, 0.3) is 0 Å². The van der Waals surface area contributed by atoms with Crippen LogP contribution in [0.1, 0.15) is 24.0 Å². The molecule has 0 bridgehead atoms. The van der Waals surface area contributed by atoms with Crippen molar-refractivity contribution in [2.75, 3.05) is 12.3 Å². The molecule has 1 aromatic carbocycles. The van der Waals surface area contributed by atoms with Gasteiger partial charge in [-0.25, -0.2) is 0 Å². The third-order valence-electron chi connectivity index (χ3n) is 3.71. The van der Waals surface area contributed by atoms with Gasteiger partial charge in [0.2, 0.25) is 11.1 Å². The van der Waals surface area contributed by atoms with E-state index in [2.05, 4.69) is 20.8 Å². The number of nitrogens with zero attached hydrogens (tertiary/aromatic N) is 4. The quantitative estimate of drug-likeness (QED) is 0.824. The summed E-state index contributed by atoms with van der Waals surface area (Å²) in [6.07, 6.45) is 2.47. The minimum Gasteiger partial charge on any atom is -0.355 e. The molecule has 6 nitrogen and oxygen atoms in total. The highest BCUT2D eigenvalue weighted by atomic mass is 32.2. The monoisotopic (exact) mass is 317 g/mol. The molecule has 1 aromatic heterocycles. The van der Waals surface area contributed by atoms with E-state index in [0.29, 0.717) is 16.8 Å². The van der Waals surface area contributed by atoms with Crippen molar-refractivity contribution in [2.24, 2.45) is 5.92 Å². The van der Waals surface area contributed by atoms with Gasteiger partial charge in [-0.3, -0.25) is 4.79 Å². The number of amides is 1. The Morgan fingerprint density at radius 2 is 2.09 bits per heavy atom. The molecule has 3 rings (SSSR count). The molecule has 1 heterocycles. The molecule has 0 saturated heterocycles. The topological polar surface area (TPSA) is 72.7 Å². The van der Waals surface area contributed by atoms with E-state index in [0.717, 1.165) is 23.4 Å². The molecule has 1 fully saturated rings. The second-order valence-electron chi connectivity index (χ2n) is 5.65. The average Bonchev–Trinajstić information content (AvgIpc) is 3.21. The molecule has 0 radical (unpaired) electrons. The fourth-order valence-electron chi connectivity index (χ4n) is 2.31. The Morgan fingerprint density at radius 1 is 1.36 bits per heavy atom. The maximum Gasteiger partial charge on any atom is 0.230 e. The molecule has 1 saturated carbocycles. The van der Waals surface area contributed by atoms with Gasteiger partial charge in [-0.1, -0.05) is 30.0 Å². The highest BCUT2D eigenvalue weighted by Crippen LogP contribution is 2.27. The summed E-state index contributed by atoms with van der Waals surface area (Å²) in [6.45, 7) is 4.85. The number of hydrogen-bond acceptors (Lipinski definition) is 5. The lowest BCUT2D eigenvalue weighted by atomic mass is 10.1. The smallest absolute Gasteiger partial charge is 0.230 e. The second-order valence-corrected chi connectivity index (χ2v) is 6.59. The summed E-state index contributed by atoms with van der Waals surface area (Å²) in [7, 11) is 0. The van der Waals surface area contributed by atoms with Gasteiger partial charge < -0.3 is 5.32 Å². The summed E-state index contributed by atoms with van der Waals surface area (Å²) < 4.78 is 1.71. The Morgan fingerprint density at radius 3 is 2.77 bits per heavy atom. The Bertz CT molecular complexity index is 660. The van der Waals surface area contributed by atoms with Gasteiger partial charge in [-0.15, -0.1) is 5.10 Å². The van der Waals surface area contributed by atoms with Gasteiger partial charge in [0, 0.05) is 6.54 Å². The third kappa shape index (κ3) is 3.47. The zero-order valence-corrected chi connectivity index (χ0v) is 13.6. The van der Waals surface area contributed by atoms with Crippen molar-refractivity contribution < 1.29 is 4.79 Å². The van der Waals surface area contributed by atoms with Crippen LogP contribution in [-0.4, -0.2) is 38.4 Å². The lowest BCUT2D eigenvalue weighted by Gasteiger charge is -2.10. The summed E-state index contributed by atoms with van der Waals surface area (Å²) in [4.78, 5) is 11.8. The maximum absolute atomic E-state index is 11.8. The van der Waals surface area contributed by atoms with Crippen LogP contribution in [0, 0.1) is 19.8 Å². The van der Waals surface area contributed by atoms with Crippen LogP contribution < -0.4 is 5.32 Å². The van der Waals surface area contributed by atoms with Crippen LogP contribution >= 0.6 is 11.8 Å².